The number of aromatic nitrogens is 4. The average molecular weight is 156 g/mol. The fourth-order valence-electron chi connectivity index (χ4n) is 0.826. The van der Waals surface area contributed by atoms with Gasteiger partial charge in [0.05, 0.1) is 5.54 Å². The van der Waals surface area contributed by atoms with Crippen LogP contribution >= 0.6 is 0 Å². The molecule has 1 aromatic rings. The molecule has 1 heterocycles. The van der Waals surface area contributed by atoms with Crippen molar-refractivity contribution in [2.75, 3.05) is 0 Å². The average Bonchev–Trinajstić information content (AvgIpc) is 2.31. The van der Waals surface area contributed by atoms with Crippen molar-refractivity contribution < 1.29 is 5.11 Å². The summed E-state index contributed by atoms with van der Waals surface area (Å²) in [4.78, 5) is 0. The molecule has 1 rings (SSSR count). The van der Waals surface area contributed by atoms with Gasteiger partial charge in [0.25, 0.3) is 0 Å². The van der Waals surface area contributed by atoms with E-state index in [1.54, 1.807) is 4.68 Å². The van der Waals surface area contributed by atoms with E-state index in [0.29, 0.717) is 5.82 Å². The van der Waals surface area contributed by atoms with Crippen LogP contribution in [0.15, 0.2) is 0 Å². The summed E-state index contributed by atoms with van der Waals surface area (Å²) in [5, 5.41) is 19.7. The third kappa shape index (κ3) is 1.54. The standard InChI is InChI=1S/C6H12N4O/c1-6(2,3)10-5(4-11)7-8-9-10/h11H,4H2,1-3H3. The van der Waals surface area contributed by atoms with Crippen LogP contribution in [0.3, 0.4) is 0 Å². The minimum Gasteiger partial charge on any atom is -0.388 e. The van der Waals surface area contributed by atoms with Crippen molar-refractivity contribution in [3.63, 3.8) is 0 Å². The zero-order valence-corrected chi connectivity index (χ0v) is 6.94. The van der Waals surface area contributed by atoms with Crippen LogP contribution in [-0.2, 0) is 12.1 Å². The lowest BCUT2D eigenvalue weighted by molar-refractivity contribution is 0.240. The summed E-state index contributed by atoms with van der Waals surface area (Å²) >= 11 is 0. The first-order valence-electron chi connectivity index (χ1n) is 3.44. The fraction of sp³-hybridized carbons (Fsp3) is 0.833. The van der Waals surface area contributed by atoms with Gasteiger partial charge in [-0.15, -0.1) is 5.10 Å². The molecule has 0 saturated heterocycles. The minimum absolute atomic E-state index is 0.121. The van der Waals surface area contributed by atoms with Crippen LogP contribution in [0, 0.1) is 0 Å². The molecule has 11 heavy (non-hydrogen) atoms. The number of nitrogens with zero attached hydrogens (tertiary/aromatic N) is 4. The van der Waals surface area contributed by atoms with E-state index in [4.69, 9.17) is 5.11 Å². The van der Waals surface area contributed by atoms with Crippen molar-refractivity contribution in [2.45, 2.75) is 32.9 Å². The van der Waals surface area contributed by atoms with Crippen molar-refractivity contribution >= 4 is 0 Å². The maximum atomic E-state index is 8.81. The van der Waals surface area contributed by atoms with E-state index in [1.165, 1.54) is 0 Å². The highest BCUT2D eigenvalue weighted by molar-refractivity contribution is 4.83. The second-order valence-electron chi connectivity index (χ2n) is 3.34. The number of hydrogen-bond donors (Lipinski definition) is 1. The maximum absolute atomic E-state index is 8.81. The van der Waals surface area contributed by atoms with Crippen LogP contribution in [0.25, 0.3) is 0 Å². The van der Waals surface area contributed by atoms with Crippen LogP contribution in [-0.4, -0.2) is 25.3 Å². The molecule has 0 fully saturated rings. The van der Waals surface area contributed by atoms with Gasteiger partial charge in [0.1, 0.15) is 6.61 Å². The Balaban J connectivity index is 3.02. The molecule has 62 valence electrons. The zero-order valence-electron chi connectivity index (χ0n) is 6.94. The van der Waals surface area contributed by atoms with Crippen LogP contribution in [0.4, 0.5) is 0 Å². The molecule has 0 bridgehead atoms. The van der Waals surface area contributed by atoms with E-state index in [0.717, 1.165) is 0 Å². The molecular weight excluding hydrogens is 144 g/mol. The molecule has 0 aliphatic rings. The van der Waals surface area contributed by atoms with Crippen LogP contribution in [0.2, 0.25) is 0 Å². The summed E-state index contributed by atoms with van der Waals surface area (Å²) in [5.41, 5.74) is -0.165. The topological polar surface area (TPSA) is 63.8 Å². The molecule has 0 atom stereocenters. The Morgan fingerprint density at radius 3 is 2.45 bits per heavy atom. The van der Waals surface area contributed by atoms with Gasteiger partial charge in [0.15, 0.2) is 5.82 Å². The molecule has 1 aromatic heterocycles. The van der Waals surface area contributed by atoms with E-state index < -0.39 is 0 Å². The summed E-state index contributed by atoms with van der Waals surface area (Å²) in [5.74, 6) is 0.498. The lowest BCUT2D eigenvalue weighted by Gasteiger charge is -2.18. The number of rotatable bonds is 1. The summed E-state index contributed by atoms with van der Waals surface area (Å²) in [6.45, 7) is 5.80. The number of aliphatic hydroxyl groups is 1. The molecule has 0 aliphatic carbocycles. The molecule has 5 heteroatoms. The molecule has 0 radical (unpaired) electrons. The summed E-state index contributed by atoms with van der Waals surface area (Å²) in [6, 6.07) is 0. The Labute approximate surface area is 65.0 Å². The highest BCUT2D eigenvalue weighted by atomic mass is 16.3. The van der Waals surface area contributed by atoms with Crippen LogP contribution in [0.1, 0.15) is 26.6 Å². The van der Waals surface area contributed by atoms with Gasteiger partial charge in [-0.2, -0.15) is 0 Å². The smallest absolute Gasteiger partial charge is 0.177 e. The van der Waals surface area contributed by atoms with Crippen molar-refractivity contribution in [1.82, 2.24) is 20.2 Å². The molecule has 0 aromatic carbocycles. The van der Waals surface area contributed by atoms with Gasteiger partial charge in [0.2, 0.25) is 0 Å². The Morgan fingerprint density at radius 2 is 2.09 bits per heavy atom. The fourth-order valence-corrected chi connectivity index (χ4v) is 0.826. The van der Waals surface area contributed by atoms with Crippen LogP contribution in [0.5, 0.6) is 0 Å². The third-order valence-corrected chi connectivity index (χ3v) is 1.31. The van der Waals surface area contributed by atoms with Gasteiger partial charge >= 0.3 is 0 Å². The predicted octanol–water partition coefficient (Wildman–Crippen LogP) is -0.0796. The first kappa shape index (κ1) is 8.13. The lowest BCUT2D eigenvalue weighted by atomic mass is 10.1. The number of tetrazole rings is 1. The van der Waals surface area contributed by atoms with Gasteiger partial charge in [-0.3, -0.25) is 0 Å². The summed E-state index contributed by atoms with van der Waals surface area (Å²) in [7, 11) is 0. The molecule has 0 unspecified atom stereocenters. The van der Waals surface area contributed by atoms with Crippen LogP contribution < -0.4 is 0 Å². The van der Waals surface area contributed by atoms with Gasteiger partial charge in [0, 0.05) is 0 Å². The van der Waals surface area contributed by atoms with Gasteiger partial charge in [-0.1, -0.05) is 0 Å². The molecular formula is C6H12N4O. The SMILES string of the molecule is CC(C)(C)n1nnnc1CO. The summed E-state index contributed by atoms with van der Waals surface area (Å²) in [6.07, 6.45) is 0. The van der Waals surface area contributed by atoms with E-state index in [9.17, 15) is 0 Å². The van der Waals surface area contributed by atoms with Crippen molar-refractivity contribution in [2.24, 2.45) is 0 Å². The van der Waals surface area contributed by atoms with E-state index in [-0.39, 0.29) is 12.1 Å². The van der Waals surface area contributed by atoms with E-state index in [1.807, 2.05) is 20.8 Å². The Kier molecular flexibility index (Phi) is 1.90. The highest BCUT2D eigenvalue weighted by Gasteiger charge is 2.18. The first-order chi connectivity index (χ1) is 5.05. The van der Waals surface area contributed by atoms with Gasteiger partial charge < -0.3 is 5.11 Å². The second-order valence-corrected chi connectivity index (χ2v) is 3.34. The maximum Gasteiger partial charge on any atom is 0.177 e. The van der Waals surface area contributed by atoms with Gasteiger partial charge in [-0.25, -0.2) is 4.68 Å². The number of hydrogen-bond acceptors (Lipinski definition) is 4. The lowest BCUT2D eigenvalue weighted by Crippen LogP contribution is -2.25. The van der Waals surface area contributed by atoms with Crippen molar-refractivity contribution in [1.29, 1.82) is 0 Å². The quantitative estimate of drug-likeness (QED) is 0.617. The summed E-state index contributed by atoms with van der Waals surface area (Å²) < 4.78 is 1.60. The first-order valence-corrected chi connectivity index (χ1v) is 3.44. The molecule has 0 amide bonds. The molecule has 0 saturated carbocycles. The number of aliphatic hydroxyl groups excluding tert-OH is 1. The Hall–Kier alpha value is -0.970. The monoisotopic (exact) mass is 156 g/mol. The Bertz CT molecular complexity index is 237. The largest absolute Gasteiger partial charge is 0.388 e. The zero-order chi connectivity index (χ0) is 8.48. The van der Waals surface area contributed by atoms with E-state index in [2.05, 4.69) is 15.5 Å². The Morgan fingerprint density at radius 1 is 1.45 bits per heavy atom. The molecule has 0 spiro atoms. The molecule has 1 N–H and O–H groups in total. The normalized spacial score (nSPS) is 12.0. The van der Waals surface area contributed by atoms with Crippen molar-refractivity contribution in [3.8, 4) is 0 Å². The van der Waals surface area contributed by atoms with Crippen molar-refractivity contribution in [3.05, 3.63) is 5.82 Å². The minimum atomic E-state index is -0.165. The predicted molar refractivity (Wildman–Crippen MR) is 38.7 cm³/mol. The second kappa shape index (κ2) is 2.58. The molecule has 0 aliphatic heterocycles. The molecule has 5 nitrogen and oxygen atoms in total. The third-order valence-electron chi connectivity index (χ3n) is 1.31. The van der Waals surface area contributed by atoms with E-state index >= 15 is 0 Å². The highest BCUT2D eigenvalue weighted by Crippen LogP contribution is 2.12. The van der Waals surface area contributed by atoms with Gasteiger partial charge in [-0.05, 0) is 31.2 Å².